The number of carbonyl (C=O) groups excluding carboxylic acids is 1. The summed E-state index contributed by atoms with van der Waals surface area (Å²) in [5.41, 5.74) is 2.02. The average molecular weight is 456 g/mol. The lowest BCUT2D eigenvalue weighted by molar-refractivity contribution is -0.113. The first-order valence-electron chi connectivity index (χ1n) is 10.5. The van der Waals surface area contributed by atoms with Gasteiger partial charge < -0.3 is 15.2 Å². The fourth-order valence-electron chi connectivity index (χ4n) is 3.27. The number of aliphatic hydroxyl groups excluding tert-OH is 1. The lowest BCUT2D eigenvalue weighted by atomic mass is 9.87. The van der Waals surface area contributed by atoms with E-state index in [1.165, 1.54) is 16.3 Å². The molecule has 0 bridgehead atoms. The van der Waals surface area contributed by atoms with Crippen LogP contribution in [-0.2, 0) is 16.8 Å². The number of methoxy groups -OCH3 is 1. The molecule has 7 nitrogen and oxygen atoms in total. The molecular weight excluding hydrogens is 426 g/mol. The van der Waals surface area contributed by atoms with Crippen molar-refractivity contribution < 1.29 is 14.6 Å². The fraction of sp³-hybridized carbons (Fsp3) is 0.375. The van der Waals surface area contributed by atoms with Crippen molar-refractivity contribution in [3.63, 3.8) is 0 Å². The van der Waals surface area contributed by atoms with Gasteiger partial charge in [-0.2, -0.15) is 0 Å². The van der Waals surface area contributed by atoms with Gasteiger partial charge in [-0.1, -0.05) is 50.7 Å². The summed E-state index contributed by atoms with van der Waals surface area (Å²) in [7, 11) is 1.56. The molecule has 3 aromatic rings. The third-order valence-electron chi connectivity index (χ3n) is 5.04. The van der Waals surface area contributed by atoms with E-state index >= 15 is 0 Å². The number of aromatic nitrogens is 2. The SMILES string of the molecule is COc1ccc(C(C)(C)C)cc1NC(=O)CSc1nc2ccccc2c(=O)n1CCCO. The Hall–Kier alpha value is -2.84. The molecule has 0 aliphatic heterocycles. The standard InChI is InChI=1S/C24H29N3O4S/c1-24(2,3)16-10-11-20(31-4)19(14-16)25-21(29)15-32-23-26-18-9-6-5-8-17(18)22(30)27(23)12-7-13-28/h5-6,8-11,14,28H,7,12-13,15H2,1-4H3,(H,25,29). The number of ether oxygens (including phenoxy) is 1. The molecule has 1 aromatic heterocycles. The van der Waals surface area contributed by atoms with E-state index < -0.39 is 0 Å². The summed E-state index contributed by atoms with van der Waals surface area (Å²) in [6, 6.07) is 12.9. The predicted molar refractivity (Wildman–Crippen MR) is 129 cm³/mol. The summed E-state index contributed by atoms with van der Waals surface area (Å²) in [4.78, 5) is 30.3. The number of nitrogens with zero attached hydrogens (tertiary/aromatic N) is 2. The van der Waals surface area contributed by atoms with Crippen LogP contribution in [0.3, 0.4) is 0 Å². The van der Waals surface area contributed by atoms with Crippen molar-refractivity contribution >= 4 is 34.3 Å². The lowest BCUT2D eigenvalue weighted by Gasteiger charge is -2.21. The van der Waals surface area contributed by atoms with Crippen molar-refractivity contribution in [2.24, 2.45) is 0 Å². The molecule has 32 heavy (non-hydrogen) atoms. The van der Waals surface area contributed by atoms with Crippen molar-refractivity contribution in [1.82, 2.24) is 9.55 Å². The van der Waals surface area contributed by atoms with Crippen LogP contribution in [0.25, 0.3) is 10.9 Å². The minimum absolute atomic E-state index is 0.0340. The molecule has 8 heteroatoms. The molecule has 1 amide bonds. The number of para-hydroxylation sites is 1. The van der Waals surface area contributed by atoms with Gasteiger partial charge in [0.05, 0.1) is 29.5 Å². The molecule has 0 radical (unpaired) electrons. The molecule has 0 saturated carbocycles. The van der Waals surface area contributed by atoms with Crippen molar-refractivity contribution in [3.8, 4) is 5.75 Å². The Morgan fingerprint density at radius 1 is 1.22 bits per heavy atom. The molecule has 2 N–H and O–H groups in total. The molecular formula is C24H29N3O4S. The zero-order valence-electron chi connectivity index (χ0n) is 18.8. The van der Waals surface area contributed by atoms with Gasteiger partial charge in [0.2, 0.25) is 5.91 Å². The topological polar surface area (TPSA) is 93.5 Å². The maximum absolute atomic E-state index is 12.9. The normalized spacial score (nSPS) is 11.5. The Morgan fingerprint density at radius 2 is 1.97 bits per heavy atom. The molecule has 170 valence electrons. The zero-order valence-corrected chi connectivity index (χ0v) is 19.7. The molecule has 0 spiro atoms. The molecule has 1 heterocycles. The number of amides is 1. The number of hydrogen-bond acceptors (Lipinski definition) is 6. The number of nitrogens with one attached hydrogen (secondary N) is 1. The third-order valence-corrected chi connectivity index (χ3v) is 6.01. The molecule has 0 atom stereocenters. The largest absolute Gasteiger partial charge is 0.495 e. The molecule has 0 aliphatic carbocycles. The number of thioether (sulfide) groups is 1. The van der Waals surface area contributed by atoms with E-state index in [-0.39, 0.29) is 29.2 Å². The highest BCUT2D eigenvalue weighted by atomic mass is 32.2. The molecule has 0 saturated heterocycles. The van der Waals surface area contributed by atoms with E-state index in [0.717, 1.165) is 5.56 Å². The quantitative estimate of drug-likeness (QED) is 0.396. The number of rotatable bonds is 8. The second-order valence-electron chi connectivity index (χ2n) is 8.45. The van der Waals surface area contributed by atoms with Crippen LogP contribution in [0.15, 0.2) is 52.4 Å². The number of fused-ring (bicyclic) bond motifs is 1. The van der Waals surface area contributed by atoms with Gasteiger partial charge in [-0.25, -0.2) is 4.98 Å². The monoisotopic (exact) mass is 455 g/mol. The summed E-state index contributed by atoms with van der Waals surface area (Å²) in [5, 5.41) is 13.1. The summed E-state index contributed by atoms with van der Waals surface area (Å²) < 4.78 is 6.93. The minimum atomic E-state index is -0.226. The number of carbonyl (C=O) groups is 1. The van der Waals surface area contributed by atoms with Gasteiger partial charge >= 0.3 is 0 Å². The first kappa shape index (κ1) is 23.8. The summed E-state index contributed by atoms with van der Waals surface area (Å²) >= 11 is 1.19. The van der Waals surface area contributed by atoms with Crippen LogP contribution < -0.4 is 15.6 Å². The Balaban J connectivity index is 1.82. The van der Waals surface area contributed by atoms with Crippen LogP contribution in [0.2, 0.25) is 0 Å². The number of hydrogen-bond donors (Lipinski definition) is 2. The Kier molecular flexibility index (Phi) is 7.58. The highest BCUT2D eigenvalue weighted by Gasteiger charge is 2.18. The molecule has 3 rings (SSSR count). The second-order valence-corrected chi connectivity index (χ2v) is 9.39. The van der Waals surface area contributed by atoms with Gasteiger partial charge in [0, 0.05) is 13.2 Å². The van der Waals surface area contributed by atoms with Crippen LogP contribution in [0.5, 0.6) is 5.75 Å². The van der Waals surface area contributed by atoms with Crippen LogP contribution in [0.4, 0.5) is 5.69 Å². The maximum Gasteiger partial charge on any atom is 0.262 e. The molecule has 0 unspecified atom stereocenters. The number of aliphatic hydroxyl groups is 1. The van der Waals surface area contributed by atoms with E-state index in [2.05, 4.69) is 31.1 Å². The van der Waals surface area contributed by atoms with Crippen LogP contribution in [-0.4, -0.2) is 40.0 Å². The number of benzene rings is 2. The van der Waals surface area contributed by atoms with E-state index in [9.17, 15) is 14.7 Å². The maximum atomic E-state index is 12.9. The van der Waals surface area contributed by atoms with E-state index in [1.807, 2.05) is 24.3 Å². The Bertz CT molecular complexity index is 1170. The second kappa shape index (κ2) is 10.2. The predicted octanol–water partition coefficient (Wildman–Crippen LogP) is 3.82. The van der Waals surface area contributed by atoms with Gasteiger partial charge in [-0.15, -0.1) is 0 Å². The van der Waals surface area contributed by atoms with E-state index in [4.69, 9.17) is 4.74 Å². The van der Waals surface area contributed by atoms with Crippen molar-refractivity contribution in [2.75, 3.05) is 24.8 Å². The fourth-order valence-corrected chi connectivity index (χ4v) is 4.10. The van der Waals surface area contributed by atoms with Gasteiger partial charge in [0.15, 0.2) is 5.16 Å². The van der Waals surface area contributed by atoms with Gasteiger partial charge in [-0.05, 0) is 41.7 Å². The first-order chi connectivity index (χ1) is 15.2. The smallest absolute Gasteiger partial charge is 0.262 e. The third kappa shape index (κ3) is 5.49. The molecule has 0 aliphatic rings. The van der Waals surface area contributed by atoms with Crippen LogP contribution in [0, 0.1) is 0 Å². The highest BCUT2D eigenvalue weighted by molar-refractivity contribution is 7.99. The molecule has 0 fully saturated rings. The summed E-state index contributed by atoms with van der Waals surface area (Å²) in [5.74, 6) is 0.433. The van der Waals surface area contributed by atoms with Gasteiger partial charge in [0.1, 0.15) is 5.75 Å². The Morgan fingerprint density at radius 3 is 2.66 bits per heavy atom. The van der Waals surface area contributed by atoms with Crippen molar-refractivity contribution in [1.29, 1.82) is 0 Å². The van der Waals surface area contributed by atoms with Gasteiger partial charge in [-0.3, -0.25) is 14.2 Å². The van der Waals surface area contributed by atoms with E-state index in [1.54, 1.807) is 25.3 Å². The summed E-state index contributed by atoms with van der Waals surface area (Å²) in [6.07, 6.45) is 0.427. The van der Waals surface area contributed by atoms with Crippen molar-refractivity contribution in [3.05, 3.63) is 58.4 Å². The Labute approximate surface area is 191 Å². The number of anilines is 1. The lowest BCUT2D eigenvalue weighted by Crippen LogP contribution is -2.25. The van der Waals surface area contributed by atoms with Crippen LogP contribution >= 0.6 is 11.8 Å². The van der Waals surface area contributed by atoms with Crippen LogP contribution in [0.1, 0.15) is 32.8 Å². The van der Waals surface area contributed by atoms with E-state index in [0.29, 0.717) is 40.5 Å². The zero-order chi connectivity index (χ0) is 23.3. The first-order valence-corrected chi connectivity index (χ1v) is 11.4. The average Bonchev–Trinajstić information content (AvgIpc) is 2.76. The minimum Gasteiger partial charge on any atom is -0.495 e. The van der Waals surface area contributed by atoms with Crippen molar-refractivity contribution in [2.45, 2.75) is 44.3 Å². The highest BCUT2D eigenvalue weighted by Crippen LogP contribution is 2.31. The van der Waals surface area contributed by atoms with Gasteiger partial charge in [0.25, 0.3) is 5.56 Å². The summed E-state index contributed by atoms with van der Waals surface area (Å²) in [6.45, 7) is 6.61. The molecule has 2 aromatic carbocycles.